The number of hydrogen-bond donors (Lipinski definition) is 1. The maximum atomic E-state index is 12.3. The fourth-order valence-electron chi connectivity index (χ4n) is 3.30. The predicted octanol–water partition coefficient (Wildman–Crippen LogP) is 1.95. The van der Waals surface area contributed by atoms with Gasteiger partial charge in [0.25, 0.3) is 0 Å². The number of nitrogens with zero attached hydrogens (tertiary/aromatic N) is 1. The van der Waals surface area contributed by atoms with Crippen molar-refractivity contribution in [3.05, 3.63) is 47.5 Å². The van der Waals surface area contributed by atoms with E-state index in [0.717, 1.165) is 5.56 Å². The number of rotatable bonds is 5. The molecule has 24 heavy (non-hydrogen) atoms. The highest BCUT2D eigenvalue weighted by atomic mass is 16.2. The van der Waals surface area contributed by atoms with E-state index in [1.165, 1.54) is 10.5 Å². The van der Waals surface area contributed by atoms with Crippen molar-refractivity contribution < 1.29 is 14.4 Å². The molecule has 5 nitrogen and oxygen atoms in total. The summed E-state index contributed by atoms with van der Waals surface area (Å²) in [4.78, 5) is 37.9. The molecular weight excluding hydrogens is 304 g/mol. The molecule has 0 aromatic heterocycles. The van der Waals surface area contributed by atoms with Gasteiger partial charge in [0, 0.05) is 19.5 Å². The number of nitrogens with one attached hydrogen (secondary N) is 1. The maximum Gasteiger partial charge on any atom is 0.233 e. The summed E-state index contributed by atoms with van der Waals surface area (Å²) in [5, 5.41) is 2.83. The van der Waals surface area contributed by atoms with Crippen LogP contribution in [-0.4, -0.2) is 29.2 Å². The second kappa shape index (κ2) is 6.99. The average Bonchev–Trinajstić information content (AvgIpc) is 2.84. The minimum Gasteiger partial charge on any atom is -0.352 e. The van der Waals surface area contributed by atoms with Gasteiger partial charge in [0.1, 0.15) is 0 Å². The van der Waals surface area contributed by atoms with Crippen LogP contribution in [0.2, 0.25) is 0 Å². The summed E-state index contributed by atoms with van der Waals surface area (Å²) in [5.41, 5.74) is 2.20. The van der Waals surface area contributed by atoms with Crippen molar-refractivity contribution in [1.29, 1.82) is 0 Å². The first-order valence-corrected chi connectivity index (χ1v) is 8.38. The third kappa shape index (κ3) is 3.40. The smallest absolute Gasteiger partial charge is 0.233 e. The van der Waals surface area contributed by atoms with Gasteiger partial charge in [-0.25, -0.2) is 0 Å². The second-order valence-corrected chi connectivity index (χ2v) is 6.50. The monoisotopic (exact) mass is 326 g/mol. The first-order chi connectivity index (χ1) is 11.6. The van der Waals surface area contributed by atoms with Crippen LogP contribution in [0.3, 0.4) is 0 Å². The molecule has 1 aliphatic carbocycles. The van der Waals surface area contributed by atoms with Crippen molar-refractivity contribution in [2.75, 3.05) is 6.54 Å². The zero-order valence-corrected chi connectivity index (χ0v) is 13.8. The number of amides is 3. The zero-order valence-electron chi connectivity index (χ0n) is 13.8. The average molecular weight is 326 g/mol. The molecular formula is C19H22N2O3. The number of aryl methyl sites for hydroxylation is 1. The molecule has 0 radical (unpaired) electrons. The van der Waals surface area contributed by atoms with Gasteiger partial charge in [-0.15, -0.1) is 0 Å². The molecule has 2 aliphatic rings. The minimum absolute atomic E-state index is 0.124. The highest BCUT2D eigenvalue weighted by Crippen LogP contribution is 2.34. The van der Waals surface area contributed by atoms with Gasteiger partial charge in [0.15, 0.2) is 0 Å². The first-order valence-electron chi connectivity index (χ1n) is 8.38. The van der Waals surface area contributed by atoms with Gasteiger partial charge in [-0.05, 0) is 25.3 Å². The van der Waals surface area contributed by atoms with Crippen LogP contribution in [0.1, 0.15) is 30.4 Å². The highest BCUT2D eigenvalue weighted by molar-refractivity contribution is 6.05. The molecule has 1 aromatic carbocycles. The molecule has 1 aromatic rings. The molecule has 126 valence electrons. The lowest BCUT2D eigenvalue weighted by Gasteiger charge is -2.14. The molecule has 2 atom stereocenters. The number of fused-ring (bicyclic) bond motifs is 1. The lowest BCUT2D eigenvalue weighted by molar-refractivity contribution is -0.140. The van der Waals surface area contributed by atoms with E-state index < -0.39 is 0 Å². The minimum atomic E-state index is -0.224. The normalized spacial score (nSPS) is 22.6. The topological polar surface area (TPSA) is 66.5 Å². The molecule has 0 saturated carbocycles. The Bertz CT molecular complexity index is 652. The van der Waals surface area contributed by atoms with E-state index in [-0.39, 0.29) is 42.5 Å². The number of benzene rings is 1. The molecule has 1 N–H and O–H groups in total. The SMILES string of the molecule is Cc1ccc(CNC(=O)CCN2C(=O)[C@H]3CC=CC[C@H]3C2=O)cc1. The Hall–Kier alpha value is -2.43. The Morgan fingerprint density at radius 2 is 1.67 bits per heavy atom. The van der Waals surface area contributed by atoms with Crippen molar-refractivity contribution in [2.24, 2.45) is 11.8 Å². The summed E-state index contributed by atoms with van der Waals surface area (Å²) in [6, 6.07) is 7.94. The summed E-state index contributed by atoms with van der Waals surface area (Å²) in [6.45, 7) is 2.64. The van der Waals surface area contributed by atoms with E-state index in [1.807, 2.05) is 43.3 Å². The van der Waals surface area contributed by atoms with Crippen molar-refractivity contribution in [3.63, 3.8) is 0 Å². The molecule has 1 heterocycles. The summed E-state index contributed by atoms with van der Waals surface area (Å²) >= 11 is 0. The summed E-state index contributed by atoms with van der Waals surface area (Å²) in [7, 11) is 0. The highest BCUT2D eigenvalue weighted by Gasteiger charge is 2.46. The summed E-state index contributed by atoms with van der Waals surface area (Å²) in [6.07, 6.45) is 5.33. The molecule has 3 rings (SSSR count). The summed E-state index contributed by atoms with van der Waals surface area (Å²) in [5.74, 6) is -0.846. The van der Waals surface area contributed by atoms with Crippen molar-refractivity contribution >= 4 is 17.7 Å². The number of hydrogen-bond acceptors (Lipinski definition) is 3. The molecule has 0 unspecified atom stereocenters. The molecule has 1 aliphatic heterocycles. The predicted molar refractivity (Wildman–Crippen MR) is 89.7 cm³/mol. The zero-order chi connectivity index (χ0) is 17.1. The Morgan fingerprint density at radius 1 is 1.08 bits per heavy atom. The van der Waals surface area contributed by atoms with Gasteiger partial charge >= 0.3 is 0 Å². The van der Waals surface area contributed by atoms with Crippen LogP contribution in [0.5, 0.6) is 0 Å². The van der Waals surface area contributed by atoms with Gasteiger partial charge in [0.2, 0.25) is 17.7 Å². The quantitative estimate of drug-likeness (QED) is 0.664. The molecule has 0 bridgehead atoms. The van der Waals surface area contributed by atoms with Crippen LogP contribution < -0.4 is 5.32 Å². The largest absolute Gasteiger partial charge is 0.352 e. The number of imide groups is 1. The molecule has 0 spiro atoms. The van der Waals surface area contributed by atoms with Crippen LogP contribution in [0.25, 0.3) is 0 Å². The van der Waals surface area contributed by atoms with Crippen LogP contribution in [0.15, 0.2) is 36.4 Å². The standard InChI is InChI=1S/C19H22N2O3/c1-13-6-8-14(9-7-13)12-20-17(22)10-11-21-18(23)15-4-2-3-5-16(15)19(21)24/h2-3,6-9,15-16H,4-5,10-12H2,1H3,(H,20,22)/t15-,16+. The number of carbonyl (C=O) groups excluding carboxylic acids is 3. The van der Waals surface area contributed by atoms with Crippen LogP contribution in [0.4, 0.5) is 0 Å². The third-order valence-corrected chi connectivity index (χ3v) is 4.77. The van der Waals surface area contributed by atoms with E-state index >= 15 is 0 Å². The van der Waals surface area contributed by atoms with Crippen LogP contribution in [0, 0.1) is 18.8 Å². The van der Waals surface area contributed by atoms with Gasteiger partial charge in [0.05, 0.1) is 11.8 Å². The van der Waals surface area contributed by atoms with Crippen LogP contribution in [-0.2, 0) is 20.9 Å². The lowest BCUT2D eigenvalue weighted by atomic mass is 9.85. The van der Waals surface area contributed by atoms with E-state index in [4.69, 9.17) is 0 Å². The van der Waals surface area contributed by atoms with Crippen molar-refractivity contribution in [3.8, 4) is 0 Å². The van der Waals surface area contributed by atoms with Gasteiger partial charge < -0.3 is 5.32 Å². The van der Waals surface area contributed by atoms with Gasteiger partial charge in [-0.1, -0.05) is 42.0 Å². The van der Waals surface area contributed by atoms with Crippen molar-refractivity contribution in [2.45, 2.75) is 32.7 Å². The summed E-state index contributed by atoms with van der Waals surface area (Å²) < 4.78 is 0. The van der Waals surface area contributed by atoms with Crippen molar-refractivity contribution in [1.82, 2.24) is 10.2 Å². The Morgan fingerprint density at radius 3 is 2.25 bits per heavy atom. The fraction of sp³-hybridized carbons (Fsp3) is 0.421. The fourth-order valence-corrected chi connectivity index (χ4v) is 3.30. The molecule has 1 saturated heterocycles. The van der Waals surface area contributed by atoms with Gasteiger partial charge in [-0.2, -0.15) is 0 Å². The third-order valence-electron chi connectivity index (χ3n) is 4.77. The Kier molecular flexibility index (Phi) is 4.79. The molecule has 3 amide bonds. The number of allylic oxidation sites excluding steroid dienone is 2. The van der Waals surface area contributed by atoms with Gasteiger partial charge in [-0.3, -0.25) is 19.3 Å². The van der Waals surface area contributed by atoms with Crippen LogP contribution >= 0.6 is 0 Å². The Balaban J connectivity index is 1.48. The Labute approximate surface area is 141 Å². The van der Waals surface area contributed by atoms with E-state index in [9.17, 15) is 14.4 Å². The molecule has 1 fully saturated rings. The van der Waals surface area contributed by atoms with E-state index in [1.54, 1.807) is 0 Å². The molecule has 5 heteroatoms. The maximum absolute atomic E-state index is 12.3. The van der Waals surface area contributed by atoms with E-state index in [0.29, 0.717) is 19.4 Å². The first kappa shape index (κ1) is 16.4. The number of likely N-dealkylation sites (tertiary alicyclic amines) is 1. The second-order valence-electron chi connectivity index (χ2n) is 6.50. The lowest BCUT2D eigenvalue weighted by Crippen LogP contribution is -2.35. The number of carbonyl (C=O) groups is 3. The van der Waals surface area contributed by atoms with E-state index in [2.05, 4.69) is 5.32 Å².